The smallest absolute Gasteiger partial charge is 0.251 e. The van der Waals surface area contributed by atoms with E-state index in [0.717, 1.165) is 11.9 Å². The molecule has 0 aliphatic heterocycles. The Labute approximate surface area is 152 Å². The summed E-state index contributed by atoms with van der Waals surface area (Å²) in [6, 6.07) is 13.7. The van der Waals surface area contributed by atoms with Gasteiger partial charge in [-0.05, 0) is 48.2 Å². The van der Waals surface area contributed by atoms with Gasteiger partial charge in [0.05, 0.1) is 4.90 Å². The maximum absolute atomic E-state index is 12.2. The van der Waals surface area contributed by atoms with Crippen molar-refractivity contribution in [1.29, 1.82) is 0 Å². The number of H-pyrrole nitrogens is 1. The lowest BCUT2D eigenvalue weighted by atomic mass is 10.0. The molecule has 0 bridgehead atoms. The van der Waals surface area contributed by atoms with Crippen LogP contribution in [0.2, 0.25) is 0 Å². The van der Waals surface area contributed by atoms with Gasteiger partial charge < -0.3 is 10.3 Å². The zero-order chi connectivity index (χ0) is 18.7. The summed E-state index contributed by atoms with van der Waals surface area (Å²) in [5.74, 6) is 0.0126. The molecular weight excluding hydrogens is 350 g/mol. The number of rotatable bonds is 6. The van der Waals surface area contributed by atoms with Gasteiger partial charge in [0.1, 0.15) is 0 Å². The molecule has 0 spiro atoms. The molecule has 0 aliphatic carbocycles. The number of sulfonamides is 1. The highest BCUT2D eigenvalue weighted by atomic mass is 32.2. The molecule has 1 atom stereocenters. The SMILES string of the molecule is CC(CNC(=O)c1ccc(S(N)(=O)=O)cc1)Cc1c[nH]c2ccccc12. The van der Waals surface area contributed by atoms with Crippen LogP contribution < -0.4 is 10.5 Å². The predicted octanol–water partition coefficient (Wildman–Crippen LogP) is 2.42. The Morgan fingerprint density at radius 3 is 2.54 bits per heavy atom. The van der Waals surface area contributed by atoms with Gasteiger partial charge in [-0.25, -0.2) is 13.6 Å². The van der Waals surface area contributed by atoms with Gasteiger partial charge in [-0.2, -0.15) is 0 Å². The van der Waals surface area contributed by atoms with Crippen molar-refractivity contribution < 1.29 is 13.2 Å². The van der Waals surface area contributed by atoms with Gasteiger partial charge in [0.15, 0.2) is 0 Å². The van der Waals surface area contributed by atoms with Crippen LogP contribution in [-0.4, -0.2) is 25.9 Å². The molecule has 0 saturated heterocycles. The van der Waals surface area contributed by atoms with Crippen molar-refractivity contribution in [1.82, 2.24) is 10.3 Å². The first kappa shape index (κ1) is 18.2. The number of nitrogens with one attached hydrogen (secondary N) is 2. The van der Waals surface area contributed by atoms with Crippen LogP contribution in [0.1, 0.15) is 22.8 Å². The van der Waals surface area contributed by atoms with E-state index in [1.165, 1.54) is 35.2 Å². The molecule has 26 heavy (non-hydrogen) atoms. The lowest BCUT2D eigenvalue weighted by molar-refractivity contribution is 0.0948. The number of aromatic nitrogens is 1. The first-order chi connectivity index (χ1) is 12.3. The van der Waals surface area contributed by atoms with Crippen LogP contribution >= 0.6 is 0 Å². The highest BCUT2D eigenvalue weighted by Gasteiger charge is 2.12. The van der Waals surface area contributed by atoms with Gasteiger partial charge in [-0.3, -0.25) is 4.79 Å². The average molecular weight is 371 g/mol. The highest BCUT2D eigenvalue weighted by Crippen LogP contribution is 2.20. The molecule has 1 aromatic heterocycles. The number of aromatic amines is 1. The van der Waals surface area contributed by atoms with Crippen molar-refractivity contribution in [3.8, 4) is 0 Å². The number of primary sulfonamides is 1. The maximum Gasteiger partial charge on any atom is 0.251 e. The molecule has 1 heterocycles. The zero-order valence-electron chi connectivity index (χ0n) is 14.4. The van der Waals surface area contributed by atoms with Gasteiger partial charge in [-0.15, -0.1) is 0 Å². The molecule has 0 aliphatic rings. The zero-order valence-corrected chi connectivity index (χ0v) is 15.2. The Bertz CT molecular complexity index is 1020. The Morgan fingerprint density at radius 1 is 1.15 bits per heavy atom. The molecule has 1 unspecified atom stereocenters. The van der Waals surface area contributed by atoms with Gasteiger partial charge in [0.25, 0.3) is 5.91 Å². The normalized spacial score (nSPS) is 12.8. The van der Waals surface area contributed by atoms with E-state index in [1.54, 1.807) is 0 Å². The van der Waals surface area contributed by atoms with E-state index in [4.69, 9.17) is 5.14 Å². The first-order valence-corrected chi connectivity index (χ1v) is 9.85. The van der Waals surface area contributed by atoms with E-state index >= 15 is 0 Å². The number of carbonyl (C=O) groups is 1. The lowest BCUT2D eigenvalue weighted by Gasteiger charge is -2.12. The van der Waals surface area contributed by atoms with Crippen molar-refractivity contribution in [3.63, 3.8) is 0 Å². The Kier molecular flexibility index (Phi) is 5.11. The van der Waals surface area contributed by atoms with E-state index in [-0.39, 0.29) is 16.7 Å². The minimum absolute atomic E-state index is 0.0123. The second-order valence-electron chi connectivity index (χ2n) is 6.45. The van der Waals surface area contributed by atoms with Crippen LogP contribution in [-0.2, 0) is 16.4 Å². The van der Waals surface area contributed by atoms with E-state index in [9.17, 15) is 13.2 Å². The summed E-state index contributed by atoms with van der Waals surface area (Å²) in [6.45, 7) is 2.60. The molecule has 136 valence electrons. The number of nitrogens with two attached hydrogens (primary N) is 1. The maximum atomic E-state index is 12.2. The second-order valence-corrected chi connectivity index (χ2v) is 8.01. The molecule has 3 aromatic rings. The number of carbonyl (C=O) groups excluding carboxylic acids is 1. The highest BCUT2D eigenvalue weighted by molar-refractivity contribution is 7.89. The molecule has 0 radical (unpaired) electrons. The topological polar surface area (TPSA) is 105 Å². The third-order valence-electron chi connectivity index (χ3n) is 4.30. The van der Waals surface area contributed by atoms with Crippen LogP contribution in [0.4, 0.5) is 0 Å². The summed E-state index contributed by atoms with van der Waals surface area (Å²) in [7, 11) is -3.75. The Hall–Kier alpha value is -2.64. The third kappa shape index (κ3) is 4.12. The second kappa shape index (κ2) is 7.31. The van der Waals surface area contributed by atoms with Crippen molar-refractivity contribution in [2.45, 2.75) is 18.2 Å². The van der Waals surface area contributed by atoms with Gasteiger partial charge in [0, 0.05) is 29.2 Å². The minimum atomic E-state index is -3.75. The van der Waals surface area contributed by atoms with E-state index in [1.807, 2.05) is 24.4 Å². The van der Waals surface area contributed by atoms with Crippen molar-refractivity contribution in [2.75, 3.05) is 6.54 Å². The summed E-state index contributed by atoms with van der Waals surface area (Å²) >= 11 is 0. The quantitative estimate of drug-likeness (QED) is 0.620. The van der Waals surface area contributed by atoms with Crippen LogP contribution in [0.25, 0.3) is 10.9 Å². The summed E-state index contributed by atoms with van der Waals surface area (Å²) in [6.07, 6.45) is 2.85. The molecule has 6 nitrogen and oxygen atoms in total. The summed E-state index contributed by atoms with van der Waals surface area (Å²) in [5.41, 5.74) is 2.73. The van der Waals surface area contributed by atoms with E-state index < -0.39 is 10.0 Å². The molecule has 4 N–H and O–H groups in total. The minimum Gasteiger partial charge on any atom is -0.361 e. The molecular formula is C19H21N3O3S. The van der Waals surface area contributed by atoms with Crippen LogP contribution in [0.3, 0.4) is 0 Å². The van der Waals surface area contributed by atoms with Crippen molar-refractivity contribution in [2.24, 2.45) is 11.1 Å². The fourth-order valence-electron chi connectivity index (χ4n) is 2.91. The average Bonchev–Trinajstić information content (AvgIpc) is 3.02. The van der Waals surface area contributed by atoms with Crippen LogP contribution in [0.5, 0.6) is 0 Å². The van der Waals surface area contributed by atoms with Crippen LogP contribution in [0.15, 0.2) is 59.6 Å². The first-order valence-electron chi connectivity index (χ1n) is 8.30. The van der Waals surface area contributed by atoms with E-state index in [2.05, 4.69) is 23.3 Å². The molecule has 0 saturated carbocycles. The molecule has 7 heteroatoms. The lowest BCUT2D eigenvalue weighted by Crippen LogP contribution is -2.29. The predicted molar refractivity (Wildman–Crippen MR) is 101 cm³/mol. The summed E-state index contributed by atoms with van der Waals surface area (Å²) in [5, 5.41) is 9.14. The van der Waals surface area contributed by atoms with Crippen LogP contribution in [0, 0.1) is 5.92 Å². The van der Waals surface area contributed by atoms with E-state index in [0.29, 0.717) is 12.1 Å². The molecule has 2 aromatic carbocycles. The number of amides is 1. The van der Waals surface area contributed by atoms with Crippen molar-refractivity contribution in [3.05, 3.63) is 65.9 Å². The standard InChI is InChI=1S/C19H21N3O3S/c1-13(10-15-12-21-18-5-3-2-4-17(15)18)11-22-19(23)14-6-8-16(9-7-14)26(20,24)25/h2-9,12-13,21H,10-11H2,1H3,(H,22,23)(H2,20,24,25). The number of fused-ring (bicyclic) bond motifs is 1. The Morgan fingerprint density at radius 2 is 1.85 bits per heavy atom. The number of hydrogen-bond acceptors (Lipinski definition) is 3. The van der Waals surface area contributed by atoms with Gasteiger partial charge in [-0.1, -0.05) is 25.1 Å². The molecule has 3 rings (SSSR count). The monoisotopic (exact) mass is 371 g/mol. The molecule has 1 amide bonds. The van der Waals surface area contributed by atoms with Gasteiger partial charge in [0.2, 0.25) is 10.0 Å². The Balaban J connectivity index is 1.58. The fraction of sp³-hybridized carbons (Fsp3) is 0.211. The largest absolute Gasteiger partial charge is 0.361 e. The van der Waals surface area contributed by atoms with Crippen molar-refractivity contribution >= 4 is 26.8 Å². The summed E-state index contributed by atoms with van der Waals surface area (Å²) in [4.78, 5) is 15.5. The summed E-state index contributed by atoms with van der Waals surface area (Å²) < 4.78 is 22.5. The fourth-order valence-corrected chi connectivity index (χ4v) is 3.43. The third-order valence-corrected chi connectivity index (χ3v) is 5.23. The number of para-hydroxylation sites is 1. The number of hydrogen-bond donors (Lipinski definition) is 3. The number of benzene rings is 2. The van der Waals surface area contributed by atoms with Gasteiger partial charge >= 0.3 is 0 Å². The molecule has 0 fully saturated rings.